The zero-order valence-electron chi connectivity index (χ0n) is 10.8. The fourth-order valence-corrected chi connectivity index (χ4v) is 2.20. The fourth-order valence-electron chi connectivity index (χ4n) is 1.36. The first-order chi connectivity index (χ1) is 8.43. The van der Waals surface area contributed by atoms with Crippen molar-refractivity contribution in [3.63, 3.8) is 0 Å². The Morgan fingerprint density at radius 3 is 2.56 bits per heavy atom. The largest absolute Gasteiger partial charge is 0.488 e. The van der Waals surface area contributed by atoms with Gasteiger partial charge in [0.15, 0.2) is 0 Å². The molecule has 0 amide bonds. The number of nitrogens with one attached hydrogen (secondary N) is 1. The Kier molecular flexibility index (Phi) is 6.78. The first-order valence-corrected chi connectivity index (χ1v) is 7.53. The van der Waals surface area contributed by atoms with E-state index < -0.39 is 0 Å². The Bertz CT molecular complexity index is 401. The molecule has 0 saturated heterocycles. The van der Waals surface area contributed by atoms with E-state index >= 15 is 0 Å². The van der Waals surface area contributed by atoms with E-state index in [0.717, 1.165) is 17.4 Å². The lowest BCUT2D eigenvalue weighted by Crippen LogP contribution is -2.34. The SMILES string of the molecule is CCC(C)NCC(C)Oc1cc(Cl)c(Br)cc1Cl. The summed E-state index contributed by atoms with van der Waals surface area (Å²) in [5.41, 5.74) is 0. The second kappa shape index (κ2) is 7.59. The first-order valence-electron chi connectivity index (χ1n) is 5.98. The summed E-state index contributed by atoms with van der Waals surface area (Å²) in [6.45, 7) is 7.07. The summed E-state index contributed by atoms with van der Waals surface area (Å²) in [5, 5.41) is 4.54. The van der Waals surface area contributed by atoms with Crippen molar-refractivity contribution in [2.45, 2.75) is 39.3 Å². The van der Waals surface area contributed by atoms with Crippen LogP contribution in [0.25, 0.3) is 0 Å². The van der Waals surface area contributed by atoms with Crippen molar-refractivity contribution in [1.82, 2.24) is 5.32 Å². The van der Waals surface area contributed by atoms with Gasteiger partial charge in [-0.15, -0.1) is 0 Å². The molecule has 2 unspecified atom stereocenters. The van der Waals surface area contributed by atoms with Crippen LogP contribution in [0, 0.1) is 0 Å². The molecule has 0 aromatic heterocycles. The Labute approximate surface area is 127 Å². The van der Waals surface area contributed by atoms with Crippen molar-refractivity contribution in [3.05, 3.63) is 26.7 Å². The highest BCUT2D eigenvalue weighted by molar-refractivity contribution is 9.10. The summed E-state index contributed by atoms with van der Waals surface area (Å²) in [6.07, 6.45) is 1.13. The Hall–Kier alpha value is 0.0400. The summed E-state index contributed by atoms with van der Waals surface area (Å²) in [4.78, 5) is 0. The molecule has 0 aliphatic heterocycles. The lowest BCUT2D eigenvalue weighted by Gasteiger charge is -2.19. The van der Waals surface area contributed by atoms with Gasteiger partial charge < -0.3 is 10.1 Å². The van der Waals surface area contributed by atoms with Gasteiger partial charge in [0.2, 0.25) is 0 Å². The molecule has 0 aliphatic rings. The van der Waals surface area contributed by atoms with Crippen LogP contribution in [0.5, 0.6) is 5.75 Å². The van der Waals surface area contributed by atoms with Gasteiger partial charge in [-0.1, -0.05) is 30.1 Å². The third-order valence-corrected chi connectivity index (χ3v) is 4.16. The molecular weight excluding hydrogens is 337 g/mol. The number of rotatable bonds is 6. The molecule has 2 nitrogen and oxygen atoms in total. The zero-order valence-corrected chi connectivity index (χ0v) is 13.9. The normalized spacial score (nSPS) is 14.3. The number of halogens is 3. The van der Waals surface area contributed by atoms with Gasteiger partial charge in [-0.25, -0.2) is 0 Å². The third-order valence-electron chi connectivity index (χ3n) is 2.67. The van der Waals surface area contributed by atoms with E-state index in [1.165, 1.54) is 0 Å². The second-order valence-electron chi connectivity index (χ2n) is 4.34. The van der Waals surface area contributed by atoms with Crippen LogP contribution in [0.2, 0.25) is 10.0 Å². The number of hydrogen-bond donors (Lipinski definition) is 1. The number of hydrogen-bond acceptors (Lipinski definition) is 2. The average molecular weight is 355 g/mol. The minimum absolute atomic E-state index is 0.0359. The fraction of sp³-hybridized carbons (Fsp3) is 0.538. The Morgan fingerprint density at radius 2 is 1.94 bits per heavy atom. The molecule has 0 fully saturated rings. The quantitative estimate of drug-likeness (QED) is 0.732. The summed E-state index contributed by atoms with van der Waals surface area (Å²) in [5.74, 6) is 0.614. The van der Waals surface area contributed by atoms with Crippen molar-refractivity contribution < 1.29 is 4.74 Å². The van der Waals surface area contributed by atoms with Crippen LogP contribution in [0.3, 0.4) is 0 Å². The monoisotopic (exact) mass is 353 g/mol. The third kappa shape index (κ3) is 4.96. The molecule has 18 heavy (non-hydrogen) atoms. The molecule has 102 valence electrons. The predicted molar refractivity (Wildman–Crippen MR) is 82.0 cm³/mol. The van der Waals surface area contributed by atoms with Crippen LogP contribution in [0.4, 0.5) is 0 Å². The van der Waals surface area contributed by atoms with Crippen molar-refractivity contribution in [2.75, 3.05) is 6.54 Å². The van der Waals surface area contributed by atoms with Crippen molar-refractivity contribution >= 4 is 39.1 Å². The van der Waals surface area contributed by atoms with Crippen LogP contribution in [0.1, 0.15) is 27.2 Å². The molecule has 0 heterocycles. The van der Waals surface area contributed by atoms with Gasteiger partial charge in [-0.2, -0.15) is 0 Å². The average Bonchev–Trinajstić information content (AvgIpc) is 2.33. The summed E-state index contributed by atoms with van der Waals surface area (Å²) >= 11 is 15.4. The second-order valence-corrected chi connectivity index (χ2v) is 6.01. The molecular formula is C13H18BrCl2NO. The van der Waals surface area contributed by atoms with Crippen LogP contribution in [0.15, 0.2) is 16.6 Å². The summed E-state index contributed by atoms with van der Waals surface area (Å²) in [7, 11) is 0. The van der Waals surface area contributed by atoms with Gasteiger partial charge >= 0.3 is 0 Å². The molecule has 0 bridgehead atoms. The molecule has 5 heteroatoms. The van der Waals surface area contributed by atoms with E-state index in [-0.39, 0.29) is 6.10 Å². The van der Waals surface area contributed by atoms with E-state index in [1.54, 1.807) is 12.1 Å². The molecule has 0 aliphatic carbocycles. The van der Waals surface area contributed by atoms with Gasteiger partial charge in [0.1, 0.15) is 11.9 Å². The van der Waals surface area contributed by atoms with Crippen molar-refractivity contribution in [3.8, 4) is 5.75 Å². The predicted octanol–water partition coefficient (Wildman–Crippen LogP) is 4.91. The van der Waals surface area contributed by atoms with Crippen LogP contribution in [-0.2, 0) is 0 Å². The lowest BCUT2D eigenvalue weighted by atomic mass is 10.2. The highest BCUT2D eigenvalue weighted by Gasteiger charge is 2.11. The lowest BCUT2D eigenvalue weighted by molar-refractivity contribution is 0.212. The molecule has 0 spiro atoms. The molecule has 0 saturated carbocycles. The summed E-state index contributed by atoms with van der Waals surface area (Å²) < 4.78 is 6.55. The van der Waals surface area contributed by atoms with E-state index in [4.69, 9.17) is 27.9 Å². The maximum Gasteiger partial charge on any atom is 0.139 e. The van der Waals surface area contributed by atoms with Gasteiger partial charge in [0.05, 0.1) is 10.0 Å². The minimum Gasteiger partial charge on any atom is -0.488 e. The Balaban J connectivity index is 2.59. The topological polar surface area (TPSA) is 21.3 Å². The molecule has 2 atom stereocenters. The van der Waals surface area contributed by atoms with Crippen LogP contribution in [-0.4, -0.2) is 18.7 Å². The van der Waals surface area contributed by atoms with E-state index in [0.29, 0.717) is 21.8 Å². The molecule has 1 rings (SSSR count). The molecule has 1 N–H and O–H groups in total. The maximum absolute atomic E-state index is 6.10. The molecule has 0 radical (unpaired) electrons. The van der Waals surface area contributed by atoms with Gasteiger partial charge in [-0.05, 0) is 42.3 Å². The van der Waals surface area contributed by atoms with Gasteiger partial charge in [0, 0.05) is 23.1 Å². The molecule has 1 aromatic carbocycles. The minimum atomic E-state index is 0.0359. The van der Waals surface area contributed by atoms with Crippen LogP contribution < -0.4 is 10.1 Å². The van der Waals surface area contributed by atoms with Gasteiger partial charge in [-0.3, -0.25) is 0 Å². The van der Waals surface area contributed by atoms with E-state index in [1.807, 2.05) is 6.92 Å². The first kappa shape index (κ1) is 16.1. The highest BCUT2D eigenvalue weighted by atomic mass is 79.9. The van der Waals surface area contributed by atoms with E-state index in [9.17, 15) is 0 Å². The van der Waals surface area contributed by atoms with Crippen molar-refractivity contribution in [1.29, 1.82) is 0 Å². The highest BCUT2D eigenvalue weighted by Crippen LogP contribution is 2.34. The number of benzene rings is 1. The number of ether oxygens (including phenoxy) is 1. The maximum atomic E-state index is 6.10. The van der Waals surface area contributed by atoms with Gasteiger partial charge in [0.25, 0.3) is 0 Å². The van der Waals surface area contributed by atoms with E-state index in [2.05, 4.69) is 35.1 Å². The standard InChI is InChI=1S/C13H18BrCl2NO/c1-4-8(2)17-7-9(3)18-13-6-11(15)10(14)5-12(13)16/h5-6,8-9,17H,4,7H2,1-3H3. The van der Waals surface area contributed by atoms with Crippen molar-refractivity contribution in [2.24, 2.45) is 0 Å². The zero-order chi connectivity index (χ0) is 13.7. The smallest absolute Gasteiger partial charge is 0.139 e. The Morgan fingerprint density at radius 1 is 1.28 bits per heavy atom. The molecule has 1 aromatic rings. The van der Waals surface area contributed by atoms with Crippen LogP contribution >= 0.6 is 39.1 Å². The summed E-state index contributed by atoms with van der Waals surface area (Å²) in [6, 6.07) is 3.96.